The number of thiophene rings is 1. The molecule has 0 fully saturated rings. The van der Waals surface area contributed by atoms with E-state index in [4.69, 9.17) is 0 Å². The van der Waals surface area contributed by atoms with Gasteiger partial charge in [-0.05, 0) is 41.4 Å². The Labute approximate surface area is 178 Å². The van der Waals surface area contributed by atoms with Gasteiger partial charge in [0.25, 0.3) is 0 Å². The van der Waals surface area contributed by atoms with Crippen LogP contribution < -0.4 is 0 Å². The smallest absolute Gasteiger partial charge is 0.191 e. The number of sulfone groups is 1. The normalized spacial score (nSPS) is 11.9. The number of aromatic nitrogens is 4. The summed E-state index contributed by atoms with van der Waals surface area (Å²) in [5.74, 6) is -0.0613. The van der Waals surface area contributed by atoms with Crippen LogP contribution in [-0.2, 0) is 15.6 Å². The highest BCUT2D eigenvalue weighted by molar-refractivity contribution is 7.92. The second kappa shape index (κ2) is 7.38. The van der Waals surface area contributed by atoms with Gasteiger partial charge in [0, 0.05) is 22.8 Å². The average Bonchev–Trinajstić information content (AvgIpc) is 3.47. The van der Waals surface area contributed by atoms with Gasteiger partial charge in [-0.2, -0.15) is 0 Å². The molecule has 29 heavy (non-hydrogen) atoms. The van der Waals surface area contributed by atoms with Gasteiger partial charge < -0.3 is 0 Å². The molecule has 4 aromatic heterocycles. The summed E-state index contributed by atoms with van der Waals surface area (Å²) in [4.78, 5) is 10.5. The zero-order chi connectivity index (χ0) is 19.8. The number of hydrogen-bond acceptors (Lipinski definition) is 9. The maximum absolute atomic E-state index is 12.9. The number of thiazole rings is 1. The fourth-order valence-corrected chi connectivity index (χ4v) is 7.12. The molecule has 0 aliphatic carbocycles. The van der Waals surface area contributed by atoms with Crippen LogP contribution in [0.4, 0.5) is 0 Å². The second-order valence-corrected chi connectivity index (χ2v) is 11.3. The summed E-state index contributed by atoms with van der Waals surface area (Å²) < 4.78 is 31.0. The van der Waals surface area contributed by atoms with E-state index in [-0.39, 0.29) is 5.75 Å². The highest BCUT2D eigenvalue weighted by Crippen LogP contribution is 2.34. The Morgan fingerprint density at radius 1 is 0.966 bits per heavy atom. The molecule has 0 saturated carbocycles. The van der Waals surface area contributed by atoms with Gasteiger partial charge in [0.2, 0.25) is 0 Å². The lowest BCUT2D eigenvalue weighted by molar-refractivity contribution is 0.597. The second-order valence-electron chi connectivity index (χ2n) is 6.22. The predicted molar refractivity (Wildman–Crippen MR) is 117 cm³/mol. The van der Waals surface area contributed by atoms with E-state index < -0.39 is 9.84 Å². The molecular weight excluding hydrogens is 445 g/mol. The van der Waals surface area contributed by atoms with Crippen molar-refractivity contribution in [2.75, 3.05) is 0 Å². The first-order valence-electron chi connectivity index (χ1n) is 8.49. The van der Waals surface area contributed by atoms with Gasteiger partial charge in [0.05, 0.1) is 27.0 Å². The predicted octanol–water partition coefficient (Wildman–Crippen LogP) is 4.91. The Morgan fingerprint density at radius 2 is 1.90 bits per heavy atom. The van der Waals surface area contributed by atoms with Crippen LogP contribution in [0.5, 0.6) is 0 Å². The quantitative estimate of drug-likeness (QED) is 0.373. The molecule has 0 atom stereocenters. The first-order chi connectivity index (χ1) is 14.1. The summed E-state index contributed by atoms with van der Waals surface area (Å²) in [7, 11) is -3.45. The van der Waals surface area contributed by atoms with E-state index in [1.54, 1.807) is 42.1 Å². The van der Waals surface area contributed by atoms with E-state index in [0.717, 1.165) is 36.1 Å². The van der Waals surface area contributed by atoms with Gasteiger partial charge >= 0.3 is 0 Å². The van der Waals surface area contributed by atoms with Gasteiger partial charge in [-0.15, -0.1) is 27.8 Å². The molecule has 144 valence electrons. The highest BCUT2D eigenvalue weighted by atomic mass is 32.2. The Bertz CT molecular complexity index is 1370. The van der Waals surface area contributed by atoms with Crippen LogP contribution in [0, 0.1) is 0 Å². The van der Waals surface area contributed by atoms with Crippen LogP contribution in [0.2, 0.25) is 0 Å². The SMILES string of the molecule is O=S(=O)(Cc1cccc(-c2nc3ccncc3s2)c1)c1ccc(-c2cnns2)s1. The molecule has 0 aliphatic rings. The van der Waals surface area contributed by atoms with Crippen molar-refractivity contribution in [3.05, 3.63) is 66.6 Å². The van der Waals surface area contributed by atoms with Gasteiger partial charge in [-0.1, -0.05) is 22.7 Å². The summed E-state index contributed by atoms with van der Waals surface area (Å²) in [6.07, 6.45) is 5.15. The first kappa shape index (κ1) is 18.5. The molecule has 0 spiro atoms. The third-order valence-corrected chi connectivity index (χ3v) is 9.48. The van der Waals surface area contributed by atoms with E-state index in [9.17, 15) is 8.42 Å². The van der Waals surface area contributed by atoms with Crippen molar-refractivity contribution in [2.24, 2.45) is 0 Å². The molecule has 0 aliphatic heterocycles. The number of benzene rings is 1. The van der Waals surface area contributed by atoms with Crippen molar-refractivity contribution in [1.82, 2.24) is 19.6 Å². The Balaban J connectivity index is 1.43. The first-order valence-corrected chi connectivity index (χ1v) is 12.5. The van der Waals surface area contributed by atoms with Crippen molar-refractivity contribution in [3.8, 4) is 20.3 Å². The van der Waals surface area contributed by atoms with E-state index in [0.29, 0.717) is 4.21 Å². The minimum atomic E-state index is -3.45. The fourth-order valence-electron chi connectivity index (χ4n) is 2.88. The maximum atomic E-state index is 12.9. The summed E-state index contributed by atoms with van der Waals surface area (Å²) in [5.41, 5.74) is 2.53. The number of rotatable bonds is 5. The molecule has 1 aromatic carbocycles. The Morgan fingerprint density at radius 3 is 2.72 bits per heavy atom. The Kier molecular flexibility index (Phi) is 4.70. The molecular formula is C19H12N4O2S4. The van der Waals surface area contributed by atoms with Crippen molar-refractivity contribution < 1.29 is 8.42 Å². The van der Waals surface area contributed by atoms with Crippen LogP contribution in [-0.4, -0.2) is 28.0 Å². The molecule has 0 radical (unpaired) electrons. The summed E-state index contributed by atoms with van der Waals surface area (Å²) in [6.45, 7) is 0. The molecule has 5 rings (SSSR count). The molecule has 0 unspecified atom stereocenters. The third-order valence-electron chi connectivity index (χ3n) is 4.21. The minimum absolute atomic E-state index is 0.0613. The molecule has 0 N–H and O–H groups in total. The van der Waals surface area contributed by atoms with Crippen molar-refractivity contribution in [3.63, 3.8) is 0 Å². The van der Waals surface area contributed by atoms with E-state index in [1.807, 2.05) is 30.3 Å². The van der Waals surface area contributed by atoms with Crippen molar-refractivity contribution in [1.29, 1.82) is 0 Å². The number of nitrogens with zero attached hydrogens (tertiary/aromatic N) is 4. The molecule has 0 amide bonds. The fraction of sp³-hybridized carbons (Fsp3) is 0.0526. The molecule has 6 nitrogen and oxygen atoms in total. The van der Waals surface area contributed by atoms with E-state index in [1.165, 1.54) is 22.9 Å². The maximum Gasteiger partial charge on any atom is 0.191 e. The highest BCUT2D eigenvalue weighted by Gasteiger charge is 2.19. The monoisotopic (exact) mass is 456 g/mol. The van der Waals surface area contributed by atoms with Crippen LogP contribution >= 0.6 is 34.2 Å². The standard InChI is InChI=1S/C19H12N4O2S4/c24-29(25,18-5-4-15(26-18)17-10-21-23-28-17)11-12-2-1-3-13(8-12)19-22-14-6-7-20-9-16(14)27-19/h1-10H,11H2. The van der Waals surface area contributed by atoms with Crippen molar-refractivity contribution in [2.45, 2.75) is 9.96 Å². The van der Waals surface area contributed by atoms with Gasteiger partial charge in [0.1, 0.15) is 9.22 Å². The Hall–Kier alpha value is -2.53. The number of hydrogen-bond donors (Lipinski definition) is 0. The minimum Gasteiger partial charge on any atom is -0.263 e. The average molecular weight is 457 g/mol. The lowest BCUT2D eigenvalue weighted by Crippen LogP contribution is -2.03. The van der Waals surface area contributed by atoms with Crippen LogP contribution in [0.15, 0.2) is 65.3 Å². The summed E-state index contributed by atoms with van der Waals surface area (Å²) >= 11 is 4.04. The summed E-state index contributed by atoms with van der Waals surface area (Å²) in [5, 5.41) is 4.66. The van der Waals surface area contributed by atoms with Crippen LogP contribution in [0.25, 0.3) is 30.5 Å². The van der Waals surface area contributed by atoms with E-state index >= 15 is 0 Å². The molecule has 5 aromatic rings. The molecule has 4 heterocycles. The van der Waals surface area contributed by atoms with Crippen molar-refractivity contribution >= 4 is 54.3 Å². The van der Waals surface area contributed by atoms with Crippen LogP contribution in [0.3, 0.4) is 0 Å². The van der Waals surface area contributed by atoms with Gasteiger partial charge in [-0.3, -0.25) is 4.98 Å². The molecule has 10 heteroatoms. The van der Waals surface area contributed by atoms with E-state index in [2.05, 4.69) is 19.6 Å². The number of pyridine rings is 1. The van der Waals surface area contributed by atoms with Gasteiger partial charge in [0.15, 0.2) is 9.84 Å². The largest absolute Gasteiger partial charge is 0.263 e. The molecule has 0 saturated heterocycles. The summed E-state index contributed by atoms with van der Waals surface area (Å²) in [6, 6.07) is 12.9. The number of fused-ring (bicyclic) bond motifs is 1. The zero-order valence-corrected chi connectivity index (χ0v) is 18.0. The third kappa shape index (κ3) is 3.71. The van der Waals surface area contributed by atoms with Gasteiger partial charge in [-0.25, -0.2) is 13.4 Å². The van der Waals surface area contributed by atoms with Crippen LogP contribution in [0.1, 0.15) is 5.56 Å². The zero-order valence-electron chi connectivity index (χ0n) is 14.7. The molecule has 0 bridgehead atoms. The topological polar surface area (TPSA) is 85.7 Å². The lowest BCUT2D eigenvalue weighted by atomic mass is 10.1. The lowest BCUT2D eigenvalue weighted by Gasteiger charge is -2.04.